The summed E-state index contributed by atoms with van der Waals surface area (Å²) in [6.45, 7) is 0.596. The number of nitrogens with zero attached hydrogens (tertiary/aromatic N) is 3. The number of aliphatic imine (C=N–C) groups is 1. The van der Waals surface area contributed by atoms with Gasteiger partial charge in [0, 0.05) is 34.4 Å². The molecule has 3 aromatic carbocycles. The first kappa shape index (κ1) is 25.7. The number of halogens is 3. The molecular formula is C29H21BrCl2N3OP. The molecule has 0 saturated carbocycles. The quantitative estimate of drug-likeness (QED) is 0.271. The molecule has 3 aromatic rings. The van der Waals surface area contributed by atoms with Crippen molar-refractivity contribution in [2.24, 2.45) is 9.76 Å². The van der Waals surface area contributed by atoms with Crippen molar-refractivity contribution in [3.8, 4) is 0 Å². The number of benzene rings is 3. The third-order valence-corrected chi connectivity index (χ3v) is 8.92. The molecule has 37 heavy (non-hydrogen) atoms. The summed E-state index contributed by atoms with van der Waals surface area (Å²) >= 11 is 16.9. The van der Waals surface area contributed by atoms with Crippen LogP contribution in [0.1, 0.15) is 22.3 Å². The Labute approximate surface area is 234 Å². The largest absolute Gasteiger partial charge is 0.327 e. The Bertz CT molecular complexity index is 1500. The second kappa shape index (κ2) is 11.2. The van der Waals surface area contributed by atoms with Crippen molar-refractivity contribution in [2.45, 2.75) is 6.54 Å². The summed E-state index contributed by atoms with van der Waals surface area (Å²) in [5.41, 5.74) is 3.28. The maximum Gasteiger partial charge on any atom is 0.238 e. The van der Waals surface area contributed by atoms with Crippen LogP contribution >= 0.6 is 46.4 Å². The van der Waals surface area contributed by atoms with Crippen molar-refractivity contribution in [3.63, 3.8) is 0 Å². The van der Waals surface area contributed by atoms with Crippen LogP contribution in [0.2, 0.25) is 0 Å². The second-order valence-electron chi connectivity index (χ2n) is 8.38. The highest BCUT2D eigenvalue weighted by molar-refractivity contribution is 9.11. The smallest absolute Gasteiger partial charge is 0.238 e. The maximum absolute atomic E-state index is 14.6. The summed E-state index contributed by atoms with van der Waals surface area (Å²) in [4.78, 5) is 6.87. The van der Waals surface area contributed by atoms with Crippen molar-refractivity contribution in [1.29, 1.82) is 0 Å². The molecule has 2 aliphatic rings. The molecule has 0 aliphatic carbocycles. The molecule has 0 N–H and O–H groups in total. The lowest BCUT2D eigenvalue weighted by Crippen LogP contribution is -2.24. The summed E-state index contributed by atoms with van der Waals surface area (Å²) < 4.78 is 20.3. The zero-order chi connectivity index (χ0) is 25.8. The van der Waals surface area contributed by atoms with Crippen LogP contribution in [0, 0.1) is 0 Å². The van der Waals surface area contributed by atoms with Crippen LogP contribution in [0.25, 0.3) is 10.1 Å². The highest BCUT2D eigenvalue weighted by atomic mass is 79.9. The van der Waals surface area contributed by atoms with Crippen LogP contribution in [0.3, 0.4) is 0 Å². The fourth-order valence-corrected chi connectivity index (χ4v) is 7.01. The Morgan fingerprint density at radius 2 is 1.43 bits per heavy atom. The third kappa shape index (κ3) is 6.14. The molecule has 0 aromatic heterocycles. The van der Waals surface area contributed by atoms with Gasteiger partial charge in [0.1, 0.15) is 5.84 Å². The normalized spacial score (nSPS) is 17.1. The molecular weight excluding hydrogens is 588 g/mol. The number of rotatable bonds is 5. The first-order chi connectivity index (χ1) is 17.9. The van der Waals surface area contributed by atoms with Gasteiger partial charge in [0.25, 0.3) is 0 Å². The lowest BCUT2D eigenvalue weighted by molar-refractivity contribution is 0.555. The third-order valence-electron chi connectivity index (χ3n) is 5.73. The molecule has 0 atom stereocenters. The van der Waals surface area contributed by atoms with Crippen LogP contribution in [0.4, 0.5) is 0 Å². The molecule has 5 rings (SSSR count). The van der Waals surface area contributed by atoms with Crippen molar-refractivity contribution >= 4 is 68.2 Å². The van der Waals surface area contributed by atoms with Gasteiger partial charge < -0.3 is 4.90 Å². The van der Waals surface area contributed by atoms with Gasteiger partial charge in [0.2, 0.25) is 7.29 Å². The zero-order valence-corrected chi connectivity index (χ0v) is 23.5. The SMILES string of the molecule is O=P(/C=C(\Cl)c1ccccc1)(/C=C(\Cl)c1ccccc1)/N=C1\N=C2C=CC(Br)=CN2Cc2ccccc21. The van der Waals surface area contributed by atoms with Crippen molar-refractivity contribution in [2.75, 3.05) is 0 Å². The average molecular weight is 609 g/mol. The van der Waals surface area contributed by atoms with Crippen molar-refractivity contribution in [1.82, 2.24) is 4.90 Å². The fourth-order valence-electron chi connectivity index (χ4n) is 3.95. The molecule has 0 unspecified atom stereocenters. The van der Waals surface area contributed by atoms with E-state index in [2.05, 4.69) is 15.9 Å². The van der Waals surface area contributed by atoms with Gasteiger partial charge in [-0.15, -0.1) is 0 Å². The van der Waals surface area contributed by atoms with Gasteiger partial charge in [0.15, 0.2) is 5.84 Å². The summed E-state index contributed by atoms with van der Waals surface area (Å²) in [7, 11) is -3.64. The Kier molecular flexibility index (Phi) is 7.78. The van der Waals surface area contributed by atoms with Gasteiger partial charge >= 0.3 is 0 Å². The molecule has 2 heterocycles. The van der Waals surface area contributed by atoms with Crippen LogP contribution in [-0.2, 0) is 11.1 Å². The zero-order valence-electron chi connectivity index (χ0n) is 19.5. The van der Waals surface area contributed by atoms with E-state index in [0.29, 0.717) is 28.3 Å². The Hall–Kier alpha value is -2.95. The fraction of sp³-hybridized carbons (Fsp3) is 0.0345. The summed E-state index contributed by atoms with van der Waals surface area (Å²) in [6, 6.07) is 26.6. The predicted molar refractivity (Wildman–Crippen MR) is 160 cm³/mol. The Morgan fingerprint density at radius 1 is 0.865 bits per heavy atom. The van der Waals surface area contributed by atoms with Gasteiger partial charge in [-0.05, 0) is 44.8 Å². The topological polar surface area (TPSA) is 45.0 Å². The number of fused-ring (bicyclic) bond motifs is 2. The lowest BCUT2D eigenvalue weighted by atomic mass is 10.1. The van der Waals surface area contributed by atoms with E-state index in [1.54, 1.807) is 0 Å². The molecule has 0 spiro atoms. The first-order valence-electron chi connectivity index (χ1n) is 11.5. The maximum atomic E-state index is 14.6. The van der Waals surface area contributed by atoms with Gasteiger partial charge in [-0.1, -0.05) is 108 Å². The highest BCUT2D eigenvalue weighted by Crippen LogP contribution is 2.56. The monoisotopic (exact) mass is 607 g/mol. The van der Waals surface area contributed by atoms with Gasteiger partial charge in [-0.2, -0.15) is 4.76 Å². The van der Waals surface area contributed by atoms with E-state index >= 15 is 0 Å². The lowest BCUT2D eigenvalue weighted by Gasteiger charge is -2.21. The van der Waals surface area contributed by atoms with E-state index in [-0.39, 0.29) is 0 Å². The minimum Gasteiger partial charge on any atom is -0.327 e. The van der Waals surface area contributed by atoms with Crippen LogP contribution < -0.4 is 0 Å². The first-order valence-corrected chi connectivity index (χ1v) is 14.8. The van der Waals surface area contributed by atoms with E-state index in [1.807, 2.05) is 108 Å². The van der Waals surface area contributed by atoms with Gasteiger partial charge in [0.05, 0.1) is 10.1 Å². The Balaban J connectivity index is 1.70. The standard InChI is InChI=1S/C29H21BrCl2N3OP/c30-24-15-16-28-33-29(25-14-8-7-13-23(25)17-35(28)18-24)34-37(36,19-26(31)21-9-3-1-4-10-21)20-27(32)22-11-5-2-6-12-22/h1-16,18-20H,17H2/b26-19-,27-20-,34-29-. The number of hydrogen-bond donors (Lipinski definition) is 0. The molecule has 8 heteroatoms. The van der Waals surface area contributed by atoms with E-state index in [1.165, 1.54) is 11.6 Å². The van der Waals surface area contributed by atoms with Crippen LogP contribution in [-0.4, -0.2) is 16.6 Å². The van der Waals surface area contributed by atoms with Crippen molar-refractivity contribution < 1.29 is 4.57 Å². The second-order valence-corrected chi connectivity index (χ2v) is 12.2. The van der Waals surface area contributed by atoms with E-state index in [4.69, 9.17) is 33.0 Å². The average Bonchev–Trinajstić information content (AvgIpc) is 3.05. The summed E-state index contributed by atoms with van der Waals surface area (Å²) in [5.74, 6) is 4.03. The minimum atomic E-state index is -3.64. The molecule has 0 saturated heterocycles. The minimum absolute atomic E-state index is 0.322. The highest BCUT2D eigenvalue weighted by Gasteiger charge is 2.25. The van der Waals surface area contributed by atoms with Gasteiger partial charge in [-0.3, -0.25) is 4.57 Å². The van der Waals surface area contributed by atoms with Crippen molar-refractivity contribution in [3.05, 3.63) is 142 Å². The van der Waals surface area contributed by atoms with E-state index in [9.17, 15) is 4.57 Å². The predicted octanol–water partition coefficient (Wildman–Crippen LogP) is 9.21. The molecule has 184 valence electrons. The molecule has 2 aliphatic heterocycles. The van der Waals surface area contributed by atoms with Crippen LogP contribution in [0.5, 0.6) is 0 Å². The van der Waals surface area contributed by atoms with Crippen LogP contribution in [0.15, 0.2) is 129 Å². The molecule has 4 nitrogen and oxygen atoms in total. The number of amidine groups is 2. The van der Waals surface area contributed by atoms with Gasteiger partial charge in [-0.25, -0.2) is 4.99 Å². The number of hydrogen-bond acceptors (Lipinski definition) is 2. The van der Waals surface area contributed by atoms with E-state index in [0.717, 1.165) is 26.7 Å². The molecule has 0 amide bonds. The molecule has 0 bridgehead atoms. The molecule has 0 fully saturated rings. The summed E-state index contributed by atoms with van der Waals surface area (Å²) in [6.07, 6.45) is 5.79. The Morgan fingerprint density at radius 3 is 2.05 bits per heavy atom. The molecule has 0 radical (unpaired) electrons. The summed E-state index contributed by atoms with van der Waals surface area (Å²) in [5, 5.41) is 0.644. The number of allylic oxidation sites excluding steroid dienone is 2. The van der Waals surface area contributed by atoms with E-state index < -0.39 is 7.29 Å².